The van der Waals surface area contributed by atoms with Gasteiger partial charge in [0.25, 0.3) is 0 Å². The highest BCUT2D eigenvalue weighted by Crippen LogP contribution is 2.24. The van der Waals surface area contributed by atoms with Crippen LogP contribution in [0.15, 0.2) is 53.7 Å². The third-order valence-corrected chi connectivity index (χ3v) is 4.50. The fraction of sp³-hybridized carbons (Fsp3) is 0.238. The number of amides is 1. The summed E-state index contributed by atoms with van der Waals surface area (Å²) in [5.74, 6) is -0.459. The zero-order valence-corrected chi connectivity index (χ0v) is 14.6. The number of carbonyl (C=O) groups is 2. The van der Waals surface area contributed by atoms with Gasteiger partial charge in [-0.2, -0.15) is 0 Å². The van der Waals surface area contributed by atoms with Gasteiger partial charge in [-0.15, -0.1) is 0 Å². The van der Waals surface area contributed by atoms with E-state index in [4.69, 9.17) is 4.74 Å². The molecule has 0 fully saturated rings. The van der Waals surface area contributed by atoms with Crippen LogP contribution in [-0.4, -0.2) is 24.1 Å². The third-order valence-electron chi connectivity index (χ3n) is 4.50. The molecule has 3 rings (SSSR count). The summed E-state index contributed by atoms with van der Waals surface area (Å²) in [7, 11) is 1.63. The van der Waals surface area contributed by atoms with Crippen LogP contribution in [0.5, 0.6) is 5.75 Å². The predicted molar refractivity (Wildman–Crippen MR) is 101 cm³/mol. The van der Waals surface area contributed by atoms with Crippen LogP contribution in [0.1, 0.15) is 31.2 Å². The average Bonchev–Trinajstić information content (AvgIpc) is 2.66. The van der Waals surface area contributed by atoms with E-state index in [0.29, 0.717) is 24.1 Å². The Labute approximate surface area is 152 Å². The van der Waals surface area contributed by atoms with Gasteiger partial charge >= 0.3 is 5.97 Å². The number of nitrogens with one attached hydrogen (secondary N) is 1. The highest BCUT2D eigenvalue weighted by atomic mass is 16.5. The van der Waals surface area contributed by atoms with E-state index in [1.165, 1.54) is 6.08 Å². The lowest BCUT2D eigenvalue weighted by atomic mass is 9.96. The second-order valence-electron chi connectivity index (χ2n) is 6.26. The number of carbonyl (C=O) groups excluding carboxylic acids is 1. The first-order chi connectivity index (χ1) is 12.6. The molecule has 2 aromatic carbocycles. The molecule has 0 aromatic heterocycles. The highest BCUT2D eigenvalue weighted by Gasteiger charge is 2.19. The minimum atomic E-state index is -0.950. The SMILES string of the molecule is COc1ccc2cc(/C=C/C(=O)NC3=C(C(=O)O)CCCC3)ccc2c1. The Morgan fingerprint density at radius 1 is 1.08 bits per heavy atom. The van der Waals surface area contributed by atoms with Crippen molar-refractivity contribution < 1.29 is 19.4 Å². The molecule has 5 nitrogen and oxygen atoms in total. The zero-order valence-electron chi connectivity index (χ0n) is 14.6. The van der Waals surface area contributed by atoms with E-state index in [1.807, 2.05) is 36.4 Å². The van der Waals surface area contributed by atoms with Crippen molar-refractivity contribution in [2.24, 2.45) is 0 Å². The summed E-state index contributed by atoms with van der Waals surface area (Å²) in [5.41, 5.74) is 1.75. The number of rotatable bonds is 5. The number of fused-ring (bicyclic) bond motifs is 1. The zero-order chi connectivity index (χ0) is 18.5. The second-order valence-corrected chi connectivity index (χ2v) is 6.26. The van der Waals surface area contributed by atoms with E-state index >= 15 is 0 Å². The molecule has 1 amide bonds. The average molecular weight is 351 g/mol. The molecule has 26 heavy (non-hydrogen) atoms. The van der Waals surface area contributed by atoms with E-state index in [9.17, 15) is 14.7 Å². The first kappa shape index (κ1) is 17.7. The highest BCUT2D eigenvalue weighted by molar-refractivity contribution is 5.95. The Kier molecular flexibility index (Phi) is 5.37. The summed E-state index contributed by atoms with van der Waals surface area (Å²) in [6.45, 7) is 0. The van der Waals surface area contributed by atoms with Crippen molar-refractivity contribution in [3.05, 3.63) is 59.3 Å². The van der Waals surface area contributed by atoms with Gasteiger partial charge in [-0.1, -0.05) is 18.2 Å². The molecule has 1 aliphatic rings. The Hall–Kier alpha value is -3.08. The van der Waals surface area contributed by atoms with Gasteiger partial charge in [0.2, 0.25) is 5.91 Å². The van der Waals surface area contributed by atoms with E-state index in [2.05, 4.69) is 5.32 Å². The molecule has 1 aliphatic carbocycles. The fourth-order valence-electron chi connectivity index (χ4n) is 3.11. The van der Waals surface area contributed by atoms with Crippen molar-refractivity contribution in [2.45, 2.75) is 25.7 Å². The largest absolute Gasteiger partial charge is 0.497 e. The molecule has 0 aliphatic heterocycles. The van der Waals surface area contributed by atoms with Crippen LogP contribution in [0.4, 0.5) is 0 Å². The number of allylic oxidation sites excluding steroid dienone is 1. The summed E-state index contributed by atoms with van der Waals surface area (Å²) in [5, 5.41) is 14.1. The number of aliphatic carboxylic acids is 1. The molecule has 0 unspecified atom stereocenters. The summed E-state index contributed by atoms with van der Waals surface area (Å²) in [6.07, 6.45) is 6.00. The third kappa shape index (κ3) is 4.11. The van der Waals surface area contributed by atoms with E-state index in [1.54, 1.807) is 13.2 Å². The van der Waals surface area contributed by atoms with Gasteiger partial charge in [0, 0.05) is 11.8 Å². The van der Waals surface area contributed by atoms with Crippen molar-refractivity contribution in [3.63, 3.8) is 0 Å². The Morgan fingerprint density at radius 2 is 1.81 bits per heavy atom. The molecule has 0 radical (unpaired) electrons. The minimum Gasteiger partial charge on any atom is -0.497 e. The van der Waals surface area contributed by atoms with Crippen LogP contribution in [0.2, 0.25) is 0 Å². The summed E-state index contributed by atoms with van der Waals surface area (Å²) in [6, 6.07) is 11.7. The molecule has 0 atom stereocenters. The van der Waals surface area contributed by atoms with Crippen LogP contribution in [-0.2, 0) is 9.59 Å². The van der Waals surface area contributed by atoms with Crippen LogP contribution in [0.3, 0.4) is 0 Å². The molecular formula is C21H21NO4. The van der Waals surface area contributed by atoms with Crippen LogP contribution < -0.4 is 10.1 Å². The standard InChI is InChI=1S/C21H21NO4/c1-26-17-10-9-15-12-14(6-8-16(15)13-17)7-11-20(23)22-19-5-3-2-4-18(19)21(24)25/h6-13H,2-5H2,1H3,(H,22,23)(H,24,25)/b11-7+. The van der Waals surface area contributed by atoms with Crippen molar-refractivity contribution in [2.75, 3.05) is 7.11 Å². The number of methoxy groups -OCH3 is 1. The Bertz CT molecular complexity index is 911. The molecule has 0 saturated carbocycles. The van der Waals surface area contributed by atoms with Crippen molar-refractivity contribution in [1.29, 1.82) is 0 Å². The first-order valence-corrected chi connectivity index (χ1v) is 8.59. The molecule has 134 valence electrons. The lowest BCUT2D eigenvalue weighted by molar-refractivity contribution is -0.133. The second kappa shape index (κ2) is 7.87. The summed E-state index contributed by atoms with van der Waals surface area (Å²) >= 11 is 0. The predicted octanol–water partition coefficient (Wildman–Crippen LogP) is 3.89. The lowest BCUT2D eigenvalue weighted by Crippen LogP contribution is -2.25. The lowest BCUT2D eigenvalue weighted by Gasteiger charge is -2.17. The van der Waals surface area contributed by atoms with E-state index in [0.717, 1.165) is 34.9 Å². The van der Waals surface area contributed by atoms with E-state index < -0.39 is 5.97 Å². The topological polar surface area (TPSA) is 75.6 Å². The number of benzene rings is 2. The Morgan fingerprint density at radius 3 is 2.58 bits per heavy atom. The fourth-order valence-corrected chi connectivity index (χ4v) is 3.11. The van der Waals surface area contributed by atoms with Gasteiger partial charge in [-0.25, -0.2) is 4.79 Å². The maximum atomic E-state index is 12.2. The molecule has 0 saturated heterocycles. The van der Waals surface area contributed by atoms with Crippen molar-refractivity contribution in [3.8, 4) is 5.75 Å². The number of ether oxygens (including phenoxy) is 1. The monoisotopic (exact) mass is 351 g/mol. The molecule has 2 N–H and O–H groups in total. The van der Waals surface area contributed by atoms with Crippen LogP contribution in [0, 0.1) is 0 Å². The van der Waals surface area contributed by atoms with E-state index in [-0.39, 0.29) is 5.91 Å². The smallest absolute Gasteiger partial charge is 0.333 e. The van der Waals surface area contributed by atoms with Crippen molar-refractivity contribution >= 4 is 28.7 Å². The van der Waals surface area contributed by atoms with Gasteiger partial charge < -0.3 is 15.2 Å². The maximum absolute atomic E-state index is 12.2. The van der Waals surface area contributed by atoms with Crippen molar-refractivity contribution in [1.82, 2.24) is 5.32 Å². The Balaban J connectivity index is 1.73. The normalized spacial score (nSPS) is 14.7. The molecule has 5 heteroatoms. The van der Waals surface area contributed by atoms with Gasteiger partial charge in [-0.05, 0) is 66.3 Å². The maximum Gasteiger partial charge on any atom is 0.333 e. The van der Waals surface area contributed by atoms with Gasteiger partial charge in [0.15, 0.2) is 0 Å². The number of hydrogen-bond donors (Lipinski definition) is 2. The first-order valence-electron chi connectivity index (χ1n) is 8.59. The van der Waals surface area contributed by atoms with Gasteiger partial charge in [0.1, 0.15) is 5.75 Å². The number of carboxylic acid groups (broad SMARTS) is 1. The quantitative estimate of drug-likeness (QED) is 0.801. The van der Waals surface area contributed by atoms with Gasteiger partial charge in [-0.3, -0.25) is 4.79 Å². The van der Waals surface area contributed by atoms with Gasteiger partial charge in [0.05, 0.1) is 12.7 Å². The van der Waals surface area contributed by atoms with Crippen LogP contribution in [0.25, 0.3) is 16.8 Å². The van der Waals surface area contributed by atoms with Crippen LogP contribution >= 0.6 is 0 Å². The molecule has 2 aromatic rings. The molecule has 0 bridgehead atoms. The molecule has 0 spiro atoms. The molecule has 0 heterocycles. The number of hydrogen-bond acceptors (Lipinski definition) is 3. The summed E-state index contributed by atoms with van der Waals surface area (Å²) in [4.78, 5) is 23.4. The minimum absolute atomic E-state index is 0.310. The molecular weight excluding hydrogens is 330 g/mol. The summed E-state index contributed by atoms with van der Waals surface area (Å²) < 4.78 is 5.22. The number of carboxylic acids is 1.